The normalized spacial score (nSPS) is 16.3. The molecule has 0 saturated carbocycles. The SMILES string of the molecule is CN=C(NCc1ncnn1C)NCC1CCN(S(=O)(=O)c2ccccc2)CC1.I. The van der Waals surface area contributed by atoms with E-state index in [0.717, 1.165) is 25.2 Å². The molecule has 1 aliphatic rings. The zero-order valence-electron chi connectivity index (χ0n) is 16.7. The number of guanidine groups is 1. The first-order valence-corrected chi connectivity index (χ1v) is 10.8. The van der Waals surface area contributed by atoms with Crippen molar-refractivity contribution in [2.24, 2.45) is 18.0 Å². The Morgan fingerprint density at radius 1 is 1.21 bits per heavy atom. The smallest absolute Gasteiger partial charge is 0.243 e. The lowest BCUT2D eigenvalue weighted by atomic mass is 9.98. The van der Waals surface area contributed by atoms with Crippen LogP contribution >= 0.6 is 24.0 Å². The molecule has 3 rings (SSSR count). The van der Waals surface area contributed by atoms with Crippen LogP contribution in [0.4, 0.5) is 0 Å². The van der Waals surface area contributed by atoms with E-state index in [2.05, 4.69) is 25.7 Å². The summed E-state index contributed by atoms with van der Waals surface area (Å²) in [6.07, 6.45) is 3.16. The average molecular weight is 533 g/mol. The Labute approximate surface area is 189 Å². The van der Waals surface area contributed by atoms with Crippen molar-refractivity contribution in [2.45, 2.75) is 24.3 Å². The molecule has 1 aromatic heterocycles. The molecule has 9 nitrogen and oxygen atoms in total. The second-order valence-corrected chi connectivity index (χ2v) is 8.70. The maximum Gasteiger partial charge on any atom is 0.243 e. The highest BCUT2D eigenvalue weighted by Crippen LogP contribution is 2.23. The van der Waals surface area contributed by atoms with Gasteiger partial charge in [-0.2, -0.15) is 9.40 Å². The molecular formula is C18H28IN7O2S. The van der Waals surface area contributed by atoms with E-state index in [0.29, 0.717) is 36.4 Å². The van der Waals surface area contributed by atoms with Gasteiger partial charge in [0.05, 0.1) is 11.4 Å². The van der Waals surface area contributed by atoms with E-state index < -0.39 is 10.0 Å². The lowest BCUT2D eigenvalue weighted by molar-refractivity contribution is 0.273. The lowest BCUT2D eigenvalue weighted by Crippen LogP contribution is -2.44. The topological polar surface area (TPSA) is 105 Å². The molecule has 11 heteroatoms. The largest absolute Gasteiger partial charge is 0.356 e. The van der Waals surface area contributed by atoms with Crippen LogP contribution in [-0.2, 0) is 23.6 Å². The van der Waals surface area contributed by atoms with Crippen molar-refractivity contribution in [3.63, 3.8) is 0 Å². The van der Waals surface area contributed by atoms with E-state index in [4.69, 9.17) is 0 Å². The van der Waals surface area contributed by atoms with Crippen LogP contribution in [-0.4, -0.2) is 60.1 Å². The van der Waals surface area contributed by atoms with Gasteiger partial charge in [0.15, 0.2) is 5.96 Å². The third-order valence-corrected chi connectivity index (χ3v) is 6.87. The Balaban J connectivity index is 0.00000300. The number of halogens is 1. The average Bonchev–Trinajstić information content (AvgIpc) is 3.14. The van der Waals surface area contributed by atoms with Gasteiger partial charge in [-0.15, -0.1) is 24.0 Å². The van der Waals surface area contributed by atoms with E-state index in [-0.39, 0.29) is 24.0 Å². The molecule has 160 valence electrons. The number of aliphatic imine (C=N–C) groups is 1. The molecular weight excluding hydrogens is 505 g/mol. The summed E-state index contributed by atoms with van der Waals surface area (Å²) in [4.78, 5) is 8.76. The third kappa shape index (κ3) is 6.12. The highest BCUT2D eigenvalue weighted by Gasteiger charge is 2.29. The van der Waals surface area contributed by atoms with E-state index in [9.17, 15) is 8.42 Å². The number of hydrogen-bond acceptors (Lipinski definition) is 5. The first-order valence-electron chi connectivity index (χ1n) is 9.33. The molecule has 0 unspecified atom stereocenters. The second-order valence-electron chi connectivity index (χ2n) is 6.77. The Bertz CT molecular complexity index is 894. The number of nitrogens with zero attached hydrogens (tertiary/aromatic N) is 5. The summed E-state index contributed by atoms with van der Waals surface area (Å²) in [6.45, 7) is 2.35. The second kappa shape index (κ2) is 10.9. The molecule has 29 heavy (non-hydrogen) atoms. The van der Waals surface area contributed by atoms with E-state index in [1.54, 1.807) is 40.3 Å². The standard InChI is InChI=1S/C18H27N7O2S.HI/c1-19-18(21-13-17-22-14-23-24(17)2)20-12-15-8-10-25(11-9-15)28(26,27)16-6-4-3-5-7-16;/h3-7,14-15H,8-13H2,1-2H3,(H2,19,20,21);1H. The Morgan fingerprint density at radius 2 is 1.90 bits per heavy atom. The van der Waals surface area contributed by atoms with Crippen LogP contribution in [0, 0.1) is 5.92 Å². The van der Waals surface area contributed by atoms with Crippen LogP contribution in [0.3, 0.4) is 0 Å². The number of piperidine rings is 1. The van der Waals surface area contributed by atoms with Crippen molar-refractivity contribution < 1.29 is 8.42 Å². The zero-order chi connectivity index (χ0) is 20.0. The number of aryl methyl sites for hydroxylation is 1. The fraction of sp³-hybridized carbons (Fsp3) is 0.500. The highest BCUT2D eigenvalue weighted by atomic mass is 127. The van der Waals surface area contributed by atoms with Gasteiger partial charge in [0.2, 0.25) is 10.0 Å². The van der Waals surface area contributed by atoms with Crippen molar-refractivity contribution in [3.05, 3.63) is 42.5 Å². The molecule has 1 saturated heterocycles. The first kappa shape index (κ1) is 23.5. The van der Waals surface area contributed by atoms with Crippen LogP contribution < -0.4 is 10.6 Å². The Kier molecular flexibility index (Phi) is 8.83. The molecule has 0 atom stereocenters. The molecule has 0 bridgehead atoms. The molecule has 0 spiro atoms. The van der Waals surface area contributed by atoms with Crippen LogP contribution in [0.2, 0.25) is 0 Å². The summed E-state index contributed by atoms with van der Waals surface area (Å²) in [5.74, 6) is 1.92. The fourth-order valence-corrected chi connectivity index (χ4v) is 4.69. The van der Waals surface area contributed by atoms with Crippen molar-refractivity contribution in [1.82, 2.24) is 29.7 Å². The van der Waals surface area contributed by atoms with Gasteiger partial charge in [-0.25, -0.2) is 13.4 Å². The Hall–Kier alpha value is -1.73. The number of rotatable bonds is 6. The fourth-order valence-electron chi connectivity index (χ4n) is 3.20. The van der Waals surface area contributed by atoms with Gasteiger partial charge in [-0.3, -0.25) is 9.67 Å². The van der Waals surface area contributed by atoms with Crippen LogP contribution in [0.25, 0.3) is 0 Å². The van der Waals surface area contributed by atoms with E-state index >= 15 is 0 Å². The molecule has 2 heterocycles. The summed E-state index contributed by atoms with van der Waals surface area (Å²) in [7, 11) is 0.170. The number of hydrogen-bond donors (Lipinski definition) is 2. The molecule has 1 aliphatic heterocycles. The maximum atomic E-state index is 12.7. The number of benzene rings is 1. The minimum atomic E-state index is -3.40. The van der Waals surface area contributed by atoms with Crippen molar-refractivity contribution >= 4 is 40.0 Å². The quantitative estimate of drug-likeness (QED) is 0.329. The van der Waals surface area contributed by atoms with Crippen molar-refractivity contribution in [1.29, 1.82) is 0 Å². The molecule has 0 aliphatic carbocycles. The van der Waals surface area contributed by atoms with Crippen LogP contribution in [0.5, 0.6) is 0 Å². The van der Waals surface area contributed by atoms with Gasteiger partial charge in [0.25, 0.3) is 0 Å². The summed E-state index contributed by atoms with van der Waals surface area (Å²) in [5, 5.41) is 10.6. The zero-order valence-corrected chi connectivity index (χ0v) is 19.8. The first-order chi connectivity index (χ1) is 13.5. The molecule has 1 fully saturated rings. The molecule has 0 amide bonds. The van der Waals surface area contributed by atoms with Crippen LogP contribution in [0.1, 0.15) is 18.7 Å². The van der Waals surface area contributed by atoms with Gasteiger partial charge in [-0.1, -0.05) is 18.2 Å². The highest BCUT2D eigenvalue weighted by molar-refractivity contribution is 14.0. The minimum Gasteiger partial charge on any atom is -0.356 e. The lowest BCUT2D eigenvalue weighted by Gasteiger charge is -2.31. The minimum absolute atomic E-state index is 0. The van der Waals surface area contributed by atoms with Gasteiger partial charge >= 0.3 is 0 Å². The third-order valence-electron chi connectivity index (χ3n) is 4.96. The summed E-state index contributed by atoms with van der Waals surface area (Å²) in [5.41, 5.74) is 0. The summed E-state index contributed by atoms with van der Waals surface area (Å²) < 4.78 is 28.7. The number of sulfonamides is 1. The van der Waals surface area contributed by atoms with Crippen molar-refractivity contribution in [3.8, 4) is 0 Å². The van der Waals surface area contributed by atoms with Crippen molar-refractivity contribution in [2.75, 3.05) is 26.7 Å². The van der Waals surface area contributed by atoms with Gasteiger partial charge in [0, 0.05) is 33.7 Å². The molecule has 0 radical (unpaired) electrons. The van der Waals surface area contributed by atoms with Gasteiger partial charge < -0.3 is 10.6 Å². The Morgan fingerprint density at radius 3 is 2.48 bits per heavy atom. The van der Waals surface area contributed by atoms with Gasteiger partial charge in [-0.05, 0) is 30.9 Å². The molecule has 2 aromatic rings. The van der Waals surface area contributed by atoms with Gasteiger partial charge in [0.1, 0.15) is 12.2 Å². The predicted octanol–water partition coefficient (Wildman–Crippen LogP) is 1.20. The maximum absolute atomic E-state index is 12.7. The van der Waals surface area contributed by atoms with Crippen LogP contribution in [0.15, 0.2) is 46.5 Å². The molecule has 1 aromatic carbocycles. The monoisotopic (exact) mass is 533 g/mol. The molecule has 2 N–H and O–H groups in total. The number of aromatic nitrogens is 3. The van der Waals surface area contributed by atoms with E-state index in [1.165, 1.54) is 6.33 Å². The van der Waals surface area contributed by atoms with E-state index in [1.807, 2.05) is 13.1 Å². The summed E-state index contributed by atoms with van der Waals surface area (Å²) >= 11 is 0. The number of nitrogens with one attached hydrogen (secondary N) is 2. The summed E-state index contributed by atoms with van der Waals surface area (Å²) in [6, 6.07) is 8.63. The predicted molar refractivity (Wildman–Crippen MR) is 123 cm³/mol.